The summed E-state index contributed by atoms with van der Waals surface area (Å²) >= 11 is 1.03. The lowest BCUT2D eigenvalue weighted by Crippen LogP contribution is -2.61. The van der Waals surface area contributed by atoms with Crippen LogP contribution in [0.2, 0.25) is 0 Å². The molecule has 0 amide bonds. The number of morpholine rings is 1. The van der Waals surface area contributed by atoms with Gasteiger partial charge in [-0.3, -0.25) is 19.7 Å². The van der Waals surface area contributed by atoms with Gasteiger partial charge in [-0.15, -0.1) is 10.2 Å². The van der Waals surface area contributed by atoms with Gasteiger partial charge < -0.3 is 15.4 Å². The summed E-state index contributed by atoms with van der Waals surface area (Å²) in [5, 5.41) is 14.9. The number of fused-ring (bicyclic) bond motifs is 3. The van der Waals surface area contributed by atoms with Crippen molar-refractivity contribution in [1.82, 2.24) is 24.6 Å². The Morgan fingerprint density at radius 1 is 1.42 bits per heavy atom. The molecule has 11 heteroatoms. The molecule has 2 atom stereocenters. The van der Waals surface area contributed by atoms with Gasteiger partial charge in [-0.2, -0.15) is 0 Å². The highest BCUT2D eigenvalue weighted by Crippen LogP contribution is 2.41. The third kappa shape index (κ3) is 3.83. The van der Waals surface area contributed by atoms with Crippen LogP contribution in [0, 0.1) is 12.7 Å². The van der Waals surface area contributed by atoms with E-state index in [1.807, 2.05) is 26.8 Å². The molecule has 2 aliphatic rings. The Hall–Kier alpha value is -2.76. The van der Waals surface area contributed by atoms with Crippen molar-refractivity contribution in [2.45, 2.75) is 45.7 Å². The predicted molar refractivity (Wildman–Crippen MR) is 128 cm³/mol. The van der Waals surface area contributed by atoms with Crippen LogP contribution in [0.3, 0.4) is 0 Å². The van der Waals surface area contributed by atoms with E-state index in [0.717, 1.165) is 47.7 Å². The van der Waals surface area contributed by atoms with Crippen molar-refractivity contribution in [2.24, 2.45) is 15.9 Å². The molecular formula is C22H29FN8OS. The maximum atomic E-state index is 13.3. The average Bonchev–Trinajstić information content (AvgIpc) is 3.22. The van der Waals surface area contributed by atoms with Crippen LogP contribution in [0.4, 0.5) is 4.39 Å². The molecule has 1 saturated heterocycles. The number of hydrogen-bond acceptors (Lipinski definition) is 8. The van der Waals surface area contributed by atoms with Crippen LogP contribution in [0.5, 0.6) is 0 Å². The molecule has 2 aromatic heterocycles. The highest BCUT2D eigenvalue weighted by Gasteiger charge is 2.50. The van der Waals surface area contributed by atoms with E-state index in [-0.39, 0.29) is 6.04 Å². The molecule has 0 bridgehead atoms. The Bertz CT molecular complexity index is 1130. The number of halogens is 1. The number of allylic oxidation sites excluding steroid dienone is 1. The predicted octanol–water partition coefficient (Wildman–Crippen LogP) is 2.65. The fourth-order valence-corrected chi connectivity index (χ4v) is 4.99. The molecule has 4 heterocycles. The van der Waals surface area contributed by atoms with Crippen molar-refractivity contribution >= 4 is 29.2 Å². The number of aryl methyl sites for hydroxylation is 1. The van der Waals surface area contributed by atoms with E-state index in [4.69, 9.17) is 20.6 Å². The van der Waals surface area contributed by atoms with Crippen molar-refractivity contribution < 1.29 is 9.13 Å². The molecule has 0 radical (unpaired) electrons. The highest BCUT2D eigenvalue weighted by molar-refractivity contribution is 8.01. The van der Waals surface area contributed by atoms with Gasteiger partial charge in [0.25, 0.3) is 0 Å². The van der Waals surface area contributed by atoms with Crippen molar-refractivity contribution in [3.8, 4) is 0 Å². The maximum absolute atomic E-state index is 13.3. The van der Waals surface area contributed by atoms with Crippen LogP contribution >= 0.6 is 11.9 Å². The first-order valence-electron chi connectivity index (χ1n) is 10.9. The Kier molecular flexibility index (Phi) is 6.55. The summed E-state index contributed by atoms with van der Waals surface area (Å²) in [6.07, 6.45) is 3.94. The number of amidine groups is 1. The van der Waals surface area contributed by atoms with Crippen LogP contribution in [-0.4, -0.2) is 56.3 Å². The van der Waals surface area contributed by atoms with Crippen LogP contribution in [-0.2, 0) is 10.3 Å². The first-order chi connectivity index (χ1) is 15.9. The van der Waals surface area contributed by atoms with Crippen molar-refractivity contribution in [2.75, 3.05) is 19.8 Å². The third-order valence-electron chi connectivity index (χ3n) is 6.23. The SMILES string of the molecule is C/C=C1\C(=NC(C)/C(SN)=C(/N)c2ccc(F)cn2)N2CCOCC2(CC)c2nnc(C)n21. The molecule has 0 spiro atoms. The van der Waals surface area contributed by atoms with Gasteiger partial charge >= 0.3 is 0 Å². The summed E-state index contributed by atoms with van der Waals surface area (Å²) in [6.45, 7) is 9.74. The van der Waals surface area contributed by atoms with Gasteiger partial charge in [-0.25, -0.2) is 4.39 Å². The van der Waals surface area contributed by atoms with Crippen LogP contribution in [0.1, 0.15) is 44.5 Å². The molecule has 2 unspecified atom stereocenters. The molecule has 4 N–H and O–H groups in total. The van der Waals surface area contributed by atoms with Gasteiger partial charge in [0, 0.05) is 11.4 Å². The highest BCUT2D eigenvalue weighted by atomic mass is 32.2. The van der Waals surface area contributed by atoms with E-state index in [1.165, 1.54) is 12.1 Å². The quantitative estimate of drug-likeness (QED) is 0.637. The molecule has 1 fully saturated rings. The first-order valence-corrected chi connectivity index (χ1v) is 11.8. The van der Waals surface area contributed by atoms with Crippen LogP contribution < -0.4 is 10.9 Å². The summed E-state index contributed by atoms with van der Waals surface area (Å²) in [5.74, 6) is 2.04. The largest absolute Gasteiger partial charge is 0.396 e. The number of aliphatic imine (C=N–C) groups is 1. The van der Waals surface area contributed by atoms with Crippen molar-refractivity contribution in [3.63, 3.8) is 0 Å². The molecule has 2 aromatic rings. The number of nitrogens with two attached hydrogens (primary N) is 2. The lowest BCUT2D eigenvalue weighted by Gasteiger charge is -2.50. The zero-order valence-electron chi connectivity index (χ0n) is 19.2. The zero-order chi connectivity index (χ0) is 23.8. The maximum Gasteiger partial charge on any atom is 0.166 e. The van der Waals surface area contributed by atoms with Crippen molar-refractivity contribution in [1.29, 1.82) is 0 Å². The van der Waals surface area contributed by atoms with E-state index in [1.54, 1.807) is 0 Å². The minimum Gasteiger partial charge on any atom is -0.396 e. The monoisotopic (exact) mass is 472 g/mol. The van der Waals surface area contributed by atoms with Gasteiger partial charge in [-0.05, 0) is 51.3 Å². The van der Waals surface area contributed by atoms with Crippen LogP contribution in [0.15, 0.2) is 34.3 Å². The molecule has 2 aliphatic heterocycles. The average molecular weight is 473 g/mol. The van der Waals surface area contributed by atoms with Gasteiger partial charge in [0.05, 0.1) is 42.5 Å². The first kappa shape index (κ1) is 23.4. The number of hydrogen-bond donors (Lipinski definition) is 2. The molecule has 0 saturated carbocycles. The molecule has 0 aliphatic carbocycles. The van der Waals surface area contributed by atoms with Crippen LogP contribution in [0.25, 0.3) is 11.4 Å². The second-order valence-corrected chi connectivity index (χ2v) is 8.73. The summed E-state index contributed by atoms with van der Waals surface area (Å²) < 4.78 is 21.3. The van der Waals surface area contributed by atoms with E-state index < -0.39 is 11.4 Å². The summed E-state index contributed by atoms with van der Waals surface area (Å²) in [6, 6.07) is 2.49. The number of aromatic nitrogens is 4. The number of ether oxygens (including phenoxy) is 1. The molecule has 9 nitrogen and oxygen atoms in total. The lowest BCUT2D eigenvalue weighted by molar-refractivity contribution is -0.0462. The fourth-order valence-electron chi connectivity index (χ4n) is 4.51. The fraction of sp³-hybridized carbons (Fsp3) is 0.455. The Morgan fingerprint density at radius 3 is 2.85 bits per heavy atom. The number of pyridine rings is 1. The van der Waals surface area contributed by atoms with Gasteiger partial charge in [0.1, 0.15) is 23.0 Å². The van der Waals surface area contributed by atoms with E-state index in [2.05, 4.69) is 31.6 Å². The third-order valence-corrected chi connectivity index (χ3v) is 7.05. The Labute approximate surface area is 196 Å². The topological polar surface area (TPSA) is 120 Å². The minimum absolute atomic E-state index is 0.368. The molecule has 33 heavy (non-hydrogen) atoms. The summed E-state index contributed by atoms with van der Waals surface area (Å²) in [5.41, 5.74) is 7.67. The summed E-state index contributed by atoms with van der Waals surface area (Å²) in [7, 11) is 0. The Morgan fingerprint density at radius 2 is 2.21 bits per heavy atom. The summed E-state index contributed by atoms with van der Waals surface area (Å²) in [4.78, 5) is 12.1. The molecule has 0 aromatic carbocycles. The smallest absolute Gasteiger partial charge is 0.166 e. The zero-order valence-corrected chi connectivity index (χ0v) is 20.1. The lowest BCUT2D eigenvalue weighted by atomic mass is 9.89. The number of nitrogens with zero attached hydrogens (tertiary/aromatic N) is 6. The normalized spacial score (nSPS) is 24.5. The second kappa shape index (κ2) is 9.24. The number of rotatable bonds is 5. The molecule has 176 valence electrons. The molecule has 4 rings (SSSR count). The standard InChI is InChI=1S/C22H29FN8OS/c1-5-17-20(27-13(3)19(33-25)18(24)16-8-7-15(23)11-26-16)30-9-10-32-12-22(30,6-2)21-29-28-14(4)31(17)21/h5,7-8,11,13H,6,9-10,12,24-25H2,1-4H3/b17-5+,19-18-,27-20?. The minimum atomic E-state index is -0.464. The van der Waals surface area contributed by atoms with Gasteiger partial charge in [0.2, 0.25) is 0 Å². The van der Waals surface area contributed by atoms with E-state index >= 15 is 0 Å². The van der Waals surface area contributed by atoms with E-state index in [9.17, 15) is 4.39 Å². The Balaban J connectivity index is 1.85. The molecular weight excluding hydrogens is 443 g/mol. The van der Waals surface area contributed by atoms with Gasteiger partial charge in [0.15, 0.2) is 5.82 Å². The van der Waals surface area contributed by atoms with Crippen molar-refractivity contribution in [3.05, 3.63) is 52.5 Å². The van der Waals surface area contributed by atoms with E-state index in [0.29, 0.717) is 36.1 Å². The van der Waals surface area contributed by atoms with Gasteiger partial charge in [-0.1, -0.05) is 13.0 Å². The second-order valence-electron chi connectivity index (χ2n) is 8.06.